The molecule has 0 saturated carbocycles. The van der Waals surface area contributed by atoms with Gasteiger partial charge in [0.15, 0.2) is 0 Å². The second-order valence-electron chi connectivity index (χ2n) is 9.68. The van der Waals surface area contributed by atoms with E-state index in [1.165, 1.54) is 0 Å². The predicted molar refractivity (Wildman–Crippen MR) is 141 cm³/mol. The molecule has 0 bridgehead atoms. The first kappa shape index (κ1) is 26.6. The smallest absolute Gasteiger partial charge is 0.245 e. The van der Waals surface area contributed by atoms with E-state index in [0.717, 1.165) is 40.8 Å². The van der Waals surface area contributed by atoms with E-state index in [9.17, 15) is 9.59 Å². The number of carbonyl (C=O) groups is 2. The Morgan fingerprint density at radius 2 is 1.74 bits per heavy atom. The van der Waals surface area contributed by atoms with Gasteiger partial charge in [0.2, 0.25) is 11.8 Å². The predicted octanol–water partition coefficient (Wildman–Crippen LogP) is 3.73. The highest BCUT2D eigenvalue weighted by Gasteiger charge is 2.33. The minimum Gasteiger partial charge on any atom is -0.490 e. The van der Waals surface area contributed by atoms with Crippen molar-refractivity contribution >= 4 is 35.1 Å². The van der Waals surface area contributed by atoms with Gasteiger partial charge in [0, 0.05) is 48.9 Å². The van der Waals surface area contributed by atoms with Gasteiger partial charge in [-0.1, -0.05) is 36.4 Å². The van der Waals surface area contributed by atoms with E-state index >= 15 is 0 Å². The summed E-state index contributed by atoms with van der Waals surface area (Å²) in [5.41, 5.74) is 8.00. The van der Waals surface area contributed by atoms with Crippen molar-refractivity contribution in [2.75, 3.05) is 13.1 Å². The van der Waals surface area contributed by atoms with Gasteiger partial charge in [-0.15, -0.1) is 12.4 Å². The number of hydrogen-bond acceptors (Lipinski definition) is 4. The molecule has 4 rings (SSSR count). The number of aryl methyl sites for hydroxylation is 1. The number of likely N-dealkylation sites (tertiary alicyclic amines) is 1. The maximum absolute atomic E-state index is 13.6. The first-order chi connectivity index (χ1) is 16.2. The van der Waals surface area contributed by atoms with Crippen LogP contribution in [0.25, 0.3) is 10.9 Å². The van der Waals surface area contributed by atoms with Crippen LogP contribution < -0.4 is 15.8 Å². The maximum Gasteiger partial charge on any atom is 0.245 e. The molecule has 3 aromatic rings. The number of nitrogens with two attached hydrogens (primary N) is 1. The summed E-state index contributed by atoms with van der Waals surface area (Å²) in [5.74, 6) is 0.420. The first-order valence-corrected chi connectivity index (χ1v) is 11.9. The number of nitrogens with zero attached hydrogens (tertiary/aromatic N) is 1. The Hall–Kier alpha value is -3.03. The molecule has 35 heavy (non-hydrogen) atoms. The second kappa shape index (κ2) is 11.1. The second-order valence-corrected chi connectivity index (χ2v) is 9.68. The number of carbonyl (C=O) groups excluding carboxylic acids is 2. The first-order valence-electron chi connectivity index (χ1n) is 11.9. The summed E-state index contributed by atoms with van der Waals surface area (Å²) in [5, 5.41) is 4.00. The highest BCUT2D eigenvalue weighted by Crippen LogP contribution is 2.25. The lowest BCUT2D eigenvalue weighted by molar-refractivity contribution is -0.138. The molecule has 1 saturated heterocycles. The molecule has 1 fully saturated rings. The molecule has 0 radical (unpaired) electrons. The number of hydrogen-bond donors (Lipinski definition) is 3. The number of H-pyrrole nitrogens is 1. The average molecular weight is 499 g/mol. The number of rotatable bonds is 7. The SMILES string of the molecule is Cc1[nH]c2ccccc2c1C[C@@H](NC(=O)C(C)(C)N)C(=O)N1CCC(Oc2ccccc2)CC1.Cl. The third-order valence-corrected chi connectivity index (χ3v) is 6.42. The van der Waals surface area contributed by atoms with Crippen molar-refractivity contribution in [3.8, 4) is 5.75 Å². The number of benzene rings is 2. The fourth-order valence-corrected chi connectivity index (χ4v) is 4.45. The summed E-state index contributed by atoms with van der Waals surface area (Å²) >= 11 is 0. The maximum atomic E-state index is 13.6. The van der Waals surface area contributed by atoms with E-state index in [4.69, 9.17) is 10.5 Å². The van der Waals surface area contributed by atoms with E-state index in [1.54, 1.807) is 13.8 Å². The van der Waals surface area contributed by atoms with Crippen LogP contribution in [-0.4, -0.2) is 52.5 Å². The van der Waals surface area contributed by atoms with E-state index in [-0.39, 0.29) is 30.3 Å². The minimum atomic E-state index is -1.08. The third-order valence-electron chi connectivity index (χ3n) is 6.42. The molecule has 188 valence electrons. The van der Waals surface area contributed by atoms with Crippen LogP contribution in [0.1, 0.15) is 37.9 Å². The highest BCUT2D eigenvalue weighted by molar-refractivity contribution is 5.92. The van der Waals surface area contributed by atoms with Gasteiger partial charge in [-0.2, -0.15) is 0 Å². The Kier molecular flexibility index (Phi) is 8.46. The number of halogens is 1. The van der Waals surface area contributed by atoms with E-state index in [2.05, 4.69) is 10.3 Å². The molecule has 8 heteroatoms. The zero-order valence-corrected chi connectivity index (χ0v) is 21.4. The number of fused-ring (bicyclic) bond motifs is 1. The molecule has 0 aliphatic carbocycles. The fraction of sp³-hybridized carbons (Fsp3) is 0.407. The summed E-state index contributed by atoms with van der Waals surface area (Å²) in [6, 6.07) is 17.1. The Bertz CT molecular complexity index is 1150. The van der Waals surface area contributed by atoms with Gasteiger partial charge in [-0.3, -0.25) is 9.59 Å². The van der Waals surface area contributed by atoms with Crippen molar-refractivity contribution in [3.05, 3.63) is 65.9 Å². The molecule has 0 unspecified atom stereocenters. The number of amides is 2. The Morgan fingerprint density at radius 3 is 2.40 bits per heavy atom. The number of piperidine rings is 1. The van der Waals surface area contributed by atoms with Gasteiger partial charge in [0.1, 0.15) is 17.9 Å². The van der Waals surface area contributed by atoms with Crippen molar-refractivity contribution in [1.29, 1.82) is 0 Å². The quantitative estimate of drug-likeness (QED) is 0.462. The van der Waals surface area contributed by atoms with Crippen molar-refractivity contribution in [2.45, 2.75) is 57.7 Å². The van der Waals surface area contributed by atoms with Crippen LogP contribution in [0, 0.1) is 6.92 Å². The lowest BCUT2D eigenvalue weighted by Gasteiger charge is -2.35. The molecular formula is C27H35ClN4O3. The van der Waals surface area contributed by atoms with Gasteiger partial charge in [-0.25, -0.2) is 0 Å². The molecule has 1 aliphatic rings. The molecule has 1 aliphatic heterocycles. The van der Waals surface area contributed by atoms with Crippen LogP contribution in [-0.2, 0) is 16.0 Å². The fourth-order valence-electron chi connectivity index (χ4n) is 4.45. The zero-order valence-electron chi connectivity index (χ0n) is 20.5. The monoisotopic (exact) mass is 498 g/mol. The lowest BCUT2D eigenvalue weighted by Crippen LogP contribution is -2.58. The van der Waals surface area contributed by atoms with Gasteiger partial charge < -0.3 is 25.7 Å². The molecule has 4 N–H and O–H groups in total. The largest absolute Gasteiger partial charge is 0.490 e. The molecular weight excluding hydrogens is 464 g/mol. The summed E-state index contributed by atoms with van der Waals surface area (Å²) in [7, 11) is 0. The van der Waals surface area contributed by atoms with E-state index < -0.39 is 11.6 Å². The Morgan fingerprint density at radius 1 is 1.11 bits per heavy atom. The summed E-state index contributed by atoms with van der Waals surface area (Å²) in [6.45, 7) is 6.46. The van der Waals surface area contributed by atoms with Crippen LogP contribution in [0.2, 0.25) is 0 Å². The molecule has 2 heterocycles. The standard InChI is InChI=1S/C27H34N4O3.ClH/c1-18-22(21-11-7-8-12-23(21)29-18)17-24(30-26(33)27(2,3)28)25(32)31-15-13-20(14-16-31)34-19-9-5-4-6-10-19;/h4-12,20,24,29H,13-17,28H2,1-3H3,(H,30,33);1H/t24-;/m1./s1. The van der Waals surface area contributed by atoms with E-state index in [0.29, 0.717) is 19.5 Å². The van der Waals surface area contributed by atoms with Gasteiger partial charge in [0.05, 0.1) is 5.54 Å². The normalized spacial score (nSPS) is 15.4. The van der Waals surface area contributed by atoms with Gasteiger partial charge >= 0.3 is 0 Å². The van der Waals surface area contributed by atoms with Crippen molar-refractivity contribution < 1.29 is 14.3 Å². The molecule has 7 nitrogen and oxygen atoms in total. The van der Waals surface area contributed by atoms with Crippen molar-refractivity contribution in [3.63, 3.8) is 0 Å². The van der Waals surface area contributed by atoms with Crippen molar-refractivity contribution in [1.82, 2.24) is 15.2 Å². The van der Waals surface area contributed by atoms with Gasteiger partial charge in [-0.05, 0) is 44.5 Å². The Labute approximate surface area is 212 Å². The number of ether oxygens (including phenoxy) is 1. The molecule has 1 atom stereocenters. The van der Waals surface area contributed by atoms with E-state index in [1.807, 2.05) is 66.4 Å². The van der Waals surface area contributed by atoms with Crippen LogP contribution >= 0.6 is 12.4 Å². The van der Waals surface area contributed by atoms with Crippen LogP contribution in [0.5, 0.6) is 5.75 Å². The zero-order chi connectivity index (χ0) is 24.3. The van der Waals surface area contributed by atoms with Crippen LogP contribution in [0.3, 0.4) is 0 Å². The average Bonchev–Trinajstić information content (AvgIpc) is 3.13. The summed E-state index contributed by atoms with van der Waals surface area (Å²) < 4.78 is 6.07. The minimum absolute atomic E-state index is 0. The molecule has 2 aromatic carbocycles. The van der Waals surface area contributed by atoms with Crippen LogP contribution in [0.15, 0.2) is 54.6 Å². The third kappa shape index (κ3) is 6.35. The van der Waals surface area contributed by atoms with Crippen LogP contribution in [0.4, 0.5) is 0 Å². The topological polar surface area (TPSA) is 100 Å². The summed E-state index contributed by atoms with van der Waals surface area (Å²) in [4.78, 5) is 31.6. The highest BCUT2D eigenvalue weighted by atomic mass is 35.5. The number of para-hydroxylation sites is 2. The number of aromatic nitrogens is 1. The lowest BCUT2D eigenvalue weighted by atomic mass is 9.98. The molecule has 0 spiro atoms. The van der Waals surface area contributed by atoms with Gasteiger partial charge in [0.25, 0.3) is 0 Å². The number of nitrogens with one attached hydrogen (secondary N) is 2. The van der Waals surface area contributed by atoms with Crippen molar-refractivity contribution in [2.24, 2.45) is 5.73 Å². The summed E-state index contributed by atoms with van der Waals surface area (Å²) in [6.07, 6.45) is 1.96. The Balaban J connectivity index is 0.00000342. The number of aromatic amines is 1. The molecule has 2 amide bonds. The molecule has 1 aromatic heterocycles.